The van der Waals surface area contributed by atoms with Crippen molar-refractivity contribution in [1.82, 2.24) is 14.7 Å². The summed E-state index contributed by atoms with van der Waals surface area (Å²) in [6.45, 7) is 6.12. The van der Waals surface area contributed by atoms with Crippen molar-refractivity contribution in [3.63, 3.8) is 0 Å². The highest BCUT2D eigenvalue weighted by atomic mass is 32.1. The number of fused-ring (bicyclic) bond motifs is 1. The molecule has 4 aliphatic heterocycles. The van der Waals surface area contributed by atoms with E-state index >= 15 is 0 Å². The number of amides is 2. The molecule has 6 nitrogen and oxygen atoms in total. The monoisotopic (exact) mass is 431 g/mol. The first-order chi connectivity index (χ1) is 14.7. The maximum atomic E-state index is 12.9. The number of likely N-dealkylation sites (tertiary alicyclic amines) is 3. The van der Waals surface area contributed by atoms with Gasteiger partial charge in [0.1, 0.15) is 0 Å². The number of hydrogen-bond donors (Lipinski definition) is 0. The molecule has 5 heterocycles. The van der Waals surface area contributed by atoms with Gasteiger partial charge in [-0.2, -0.15) is 11.3 Å². The number of nitrogens with zero attached hydrogens (tertiary/aromatic N) is 3. The second-order valence-electron chi connectivity index (χ2n) is 9.42. The summed E-state index contributed by atoms with van der Waals surface area (Å²) < 4.78 is 6.23. The Bertz CT molecular complexity index is 743. The van der Waals surface area contributed by atoms with Gasteiger partial charge in [0.15, 0.2) is 0 Å². The van der Waals surface area contributed by atoms with Gasteiger partial charge in [-0.25, -0.2) is 0 Å². The molecule has 0 spiro atoms. The Hall–Kier alpha value is -1.44. The molecule has 0 bridgehead atoms. The lowest BCUT2D eigenvalue weighted by molar-refractivity contribution is -0.133. The van der Waals surface area contributed by atoms with Crippen LogP contribution in [0.25, 0.3) is 0 Å². The van der Waals surface area contributed by atoms with E-state index in [9.17, 15) is 9.59 Å². The molecule has 0 saturated carbocycles. The van der Waals surface area contributed by atoms with Gasteiger partial charge in [-0.3, -0.25) is 14.5 Å². The smallest absolute Gasteiger partial charge is 0.225 e. The second kappa shape index (κ2) is 8.97. The number of carbonyl (C=O) groups is 2. The fraction of sp³-hybridized carbons (Fsp3) is 0.739. The molecule has 0 N–H and O–H groups in total. The first kappa shape index (κ1) is 20.5. The van der Waals surface area contributed by atoms with Crippen molar-refractivity contribution < 1.29 is 14.3 Å². The van der Waals surface area contributed by atoms with E-state index in [2.05, 4.69) is 21.7 Å². The lowest BCUT2D eigenvalue weighted by Gasteiger charge is -2.26. The van der Waals surface area contributed by atoms with Crippen LogP contribution in [0.3, 0.4) is 0 Å². The number of rotatable bonds is 6. The van der Waals surface area contributed by atoms with Crippen LogP contribution in [0.2, 0.25) is 0 Å². The summed E-state index contributed by atoms with van der Waals surface area (Å²) >= 11 is 1.73. The minimum absolute atomic E-state index is 0.0491. The molecule has 0 aliphatic carbocycles. The molecule has 7 heteroatoms. The van der Waals surface area contributed by atoms with Gasteiger partial charge in [0.05, 0.1) is 19.1 Å². The molecule has 164 valence electrons. The highest BCUT2D eigenvalue weighted by Gasteiger charge is 2.51. The third kappa shape index (κ3) is 4.16. The van der Waals surface area contributed by atoms with Gasteiger partial charge in [0.25, 0.3) is 0 Å². The fourth-order valence-electron chi connectivity index (χ4n) is 6.00. The molecular formula is C23H33N3O3S. The molecule has 4 fully saturated rings. The summed E-state index contributed by atoms with van der Waals surface area (Å²) in [5.41, 5.74) is 1.34. The number of ether oxygens (including phenoxy) is 1. The Morgan fingerprint density at radius 1 is 1.00 bits per heavy atom. The third-order valence-electron chi connectivity index (χ3n) is 7.53. The maximum Gasteiger partial charge on any atom is 0.225 e. The predicted octanol–water partition coefficient (Wildman–Crippen LogP) is 2.59. The second-order valence-corrected chi connectivity index (χ2v) is 10.2. The van der Waals surface area contributed by atoms with Crippen LogP contribution < -0.4 is 0 Å². The number of hydrogen-bond acceptors (Lipinski definition) is 5. The predicted molar refractivity (Wildman–Crippen MR) is 116 cm³/mol. The van der Waals surface area contributed by atoms with Crippen molar-refractivity contribution in [2.24, 2.45) is 11.8 Å². The van der Waals surface area contributed by atoms with E-state index in [1.807, 2.05) is 9.80 Å². The van der Waals surface area contributed by atoms with Crippen molar-refractivity contribution in [2.45, 2.75) is 57.2 Å². The zero-order valence-corrected chi connectivity index (χ0v) is 18.5. The van der Waals surface area contributed by atoms with Gasteiger partial charge in [0.2, 0.25) is 11.8 Å². The lowest BCUT2D eigenvalue weighted by atomic mass is 9.84. The van der Waals surface area contributed by atoms with E-state index < -0.39 is 0 Å². The zero-order chi connectivity index (χ0) is 20.5. The molecule has 30 heavy (non-hydrogen) atoms. The average Bonchev–Trinajstić information content (AvgIpc) is 3.55. The largest absolute Gasteiger partial charge is 0.376 e. The normalized spacial score (nSPS) is 31.6. The maximum absolute atomic E-state index is 12.9. The van der Waals surface area contributed by atoms with Crippen LogP contribution in [0.15, 0.2) is 16.8 Å². The SMILES string of the molecule is O=C(C[C@@H]1CN(Cc2ccsc2)[C@@H]2CO[C@@H](CC(=O)N3CCCC3)[C@H]12)N1CCCC1. The van der Waals surface area contributed by atoms with Gasteiger partial charge < -0.3 is 14.5 Å². The third-order valence-corrected chi connectivity index (χ3v) is 8.26. The van der Waals surface area contributed by atoms with Crippen LogP contribution >= 0.6 is 11.3 Å². The molecular weight excluding hydrogens is 398 g/mol. The van der Waals surface area contributed by atoms with Gasteiger partial charge in [-0.05, 0) is 54.0 Å². The van der Waals surface area contributed by atoms with E-state index in [4.69, 9.17) is 4.74 Å². The van der Waals surface area contributed by atoms with Gasteiger partial charge in [-0.1, -0.05) is 0 Å². The topological polar surface area (TPSA) is 53.1 Å². The van der Waals surface area contributed by atoms with Crippen molar-refractivity contribution in [1.29, 1.82) is 0 Å². The van der Waals surface area contributed by atoms with Crippen LogP contribution in [0.4, 0.5) is 0 Å². The average molecular weight is 432 g/mol. The molecule has 2 amide bonds. The van der Waals surface area contributed by atoms with E-state index in [0.717, 1.165) is 65.0 Å². The lowest BCUT2D eigenvalue weighted by Crippen LogP contribution is -2.37. The van der Waals surface area contributed by atoms with Gasteiger partial charge >= 0.3 is 0 Å². The Kier molecular flexibility index (Phi) is 6.12. The van der Waals surface area contributed by atoms with Crippen molar-refractivity contribution >= 4 is 23.2 Å². The fourth-order valence-corrected chi connectivity index (χ4v) is 6.66. The molecule has 4 atom stereocenters. The van der Waals surface area contributed by atoms with Crippen molar-refractivity contribution in [3.05, 3.63) is 22.4 Å². The summed E-state index contributed by atoms with van der Waals surface area (Å²) in [4.78, 5) is 32.3. The van der Waals surface area contributed by atoms with Crippen LogP contribution in [0.1, 0.15) is 44.1 Å². The minimum atomic E-state index is -0.0491. The van der Waals surface area contributed by atoms with Gasteiger partial charge in [-0.15, -0.1) is 0 Å². The Balaban J connectivity index is 1.29. The van der Waals surface area contributed by atoms with Crippen LogP contribution in [-0.4, -0.2) is 78.0 Å². The molecule has 5 rings (SSSR count). The summed E-state index contributed by atoms with van der Waals surface area (Å²) in [6.07, 6.45) is 5.51. The van der Waals surface area contributed by atoms with Crippen LogP contribution in [0, 0.1) is 11.8 Å². The first-order valence-electron chi connectivity index (χ1n) is 11.6. The standard InChI is InChI=1S/C23H33N3O3S/c27-21(24-6-1-2-7-24)11-18-14-26(13-17-5-10-30-16-17)19-15-29-20(23(18)19)12-22(28)25-8-3-4-9-25/h5,10,16,18-20,23H,1-4,6-9,11-15H2/t18-,19-,20+,23-/m1/s1. The van der Waals surface area contributed by atoms with Crippen molar-refractivity contribution in [3.8, 4) is 0 Å². The quantitative estimate of drug-likeness (QED) is 0.695. The van der Waals surface area contributed by atoms with E-state index in [0.29, 0.717) is 31.4 Å². The summed E-state index contributed by atoms with van der Waals surface area (Å²) in [5, 5.41) is 4.34. The summed E-state index contributed by atoms with van der Waals surface area (Å²) in [5.74, 6) is 1.09. The van der Waals surface area contributed by atoms with Crippen molar-refractivity contribution in [2.75, 3.05) is 39.3 Å². The minimum Gasteiger partial charge on any atom is -0.376 e. The molecule has 0 aromatic carbocycles. The zero-order valence-electron chi connectivity index (χ0n) is 17.7. The van der Waals surface area contributed by atoms with E-state index in [1.54, 1.807) is 11.3 Å². The summed E-state index contributed by atoms with van der Waals surface area (Å²) in [7, 11) is 0. The first-order valence-corrected chi connectivity index (χ1v) is 12.6. The van der Waals surface area contributed by atoms with Crippen LogP contribution in [-0.2, 0) is 20.9 Å². The number of carbonyl (C=O) groups excluding carboxylic acids is 2. The highest BCUT2D eigenvalue weighted by Crippen LogP contribution is 2.42. The Morgan fingerprint density at radius 2 is 1.67 bits per heavy atom. The Labute approximate surface area is 183 Å². The molecule has 0 unspecified atom stereocenters. The van der Waals surface area contributed by atoms with Gasteiger partial charge in [0, 0.05) is 57.6 Å². The number of thiophene rings is 1. The molecule has 4 saturated heterocycles. The molecule has 0 radical (unpaired) electrons. The molecule has 1 aromatic heterocycles. The highest BCUT2D eigenvalue weighted by molar-refractivity contribution is 7.07. The molecule has 1 aromatic rings. The van der Waals surface area contributed by atoms with E-state index in [1.165, 1.54) is 5.56 Å². The molecule has 4 aliphatic rings. The Morgan fingerprint density at radius 3 is 2.30 bits per heavy atom. The van der Waals surface area contributed by atoms with E-state index in [-0.39, 0.29) is 23.8 Å². The van der Waals surface area contributed by atoms with Crippen LogP contribution in [0.5, 0.6) is 0 Å². The summed E-state index contributed by atoms with van der Waals surface area (Å²) in [6, 6.07) is 2.50.